The van der Waals surface area contributed by atoms with Crippen molar-refractivity contribution in [3.8, 4) is 5.75 Å². The number of hydrogen-bond acceptors (Lipinski definition) is 6. The van der Waals surface area contributed by atoms with Crippen molar-refractivity contribution in [3.63, 3.8) is 0 Å². The Labute approximate surface area is 223 Å². The summed E-state index contributed by atoms with van der Waals surface area (Å²) in [6, 6.07) is 16.4. The van der Waals surface area contributed by atoms with Gasteiger partial charge in [-0.1, -0.05) is 89.7 Å². The van der Waals surface area contributed by atoms with Gasteiger partial charge in [-0.15, -0.1) is 5.10 Å². The molecule has 1 unspecified atom stereocenters. The number of nitrogens with one attached hydrogen (secondary N) is 1. The highest BCUT2D eigenvalue weighted by Crippen LogP contribution is 2.45. The minimum atomic E-state index is -0.299. The fourth-order valence-electron chi connectivity index (χ4n) is 5.10. The van der Waals surface area contributed by atoms with E-state index in [2.05, 4.69) is 71.1 Å². The molecular formula is C30H36N4O2S. The molecule has 1 aliphatic carbocycles. The Bertz CT molecular complexity index is 1330. The van der Waals surface area contributed by atoms with Crippen LogP contribution < -0.4 is 10.1 Å². The van der Waals surface area contributed by atoms with Crippen LogP contribution in [0.5, 0.6) is 5.75 Å². The van der Waals surface area contributed by atoms with Crippen LogP contribution in [0.4, 0.5) is 5.95 Å². The highest BCUT2D eigenvalue weighted by molar-refractivity contribution is 7.99. The van der Waals surface area contributed by atoms with Crippen LogP contribution in [0.1, 0.15) is 77.1 Å². The predicted molar refractivity (Wildman–Crippen MR) is 149 cm³/mol. The second kappa shape index (κ2) is 9.67. The molecule has 1 aromatic heterocycles. The molecule has 0 saturated heterocycles. The Morgan fingerprint density at radius 3 is 2.43 bits per heavy atom. The fraction of sp³-hybridized carbons (Fsp3) is 0.433. The smallest absolute Gasteiger partial charge is 0.227 e. The minimum Gasteiger partial charge on any atom is -0.489 e. The van der Waals surface area contributed by atoms with Gasteiger partial charge in [0.15, 0.2) is 5.78 Å². The van der Waals surface area contributed by atoms with Crippen LogP contribution >= 0.6 is 11.8 Å². The van der Waals surface area contributed by atoms with Crippen molar-refractivity contribution < 1.29 is 9.53 Å². The fourth-order valence-corrected chi connectivity index (χ4v) is 5.66. The van der Waals surface area contributed by atoms with Crippen molar-refractivity contribution in [2.75, 3.05) is 11.1 Å². The van der Waals surface area contributed by atoms with Gasteiger partial charge in [-0.2, -0.15) is 4.98 Å². The molecule has 7 heteroatoms. The maximum atomic E-state index is 13.4. The van der Waals surface area contributed by atoms with Gasteiger partial charge in [-0.05, 0) is 51.8 Å². The summed E-state index contributed by atoms with van der Waals surface area (Å²) in [4.78, 5) is 18.1. The number of nitrogens with zero attached hydrogens (tertiary/aromatic N) is 3. The molecule has 1 N–H and O–H groups in total. The van der Waals surface area contributed by atoms with Crippen LogP contribution in [0.25, 0.3) is 0 Å². The highest BCUT2D eigenvalue weighted by Gasteiger charge is 2.41. The van der Waals surface area contributed by atoms with E-state index in [1.165, 1.54) is 5.56 Å². The lowest BCUT2D eigenvalue weighted by atomic mass is 9.73. The number of benzene rings is 2. The maximum Gasteiger partial charge on any atom is 0.227 e. The number of aromatic nitrogens is 3. The summed E-state index contributed by atoms with van der Waals surface area (Å²) in [7, 11) is 0. The average Bonchev–Trinajstić information content (AvgIpc) is 3.23. The van der Waals surface area contributed by atoms with Crippen LogP contribution in [0.15, 0.2) is 65.0 Å². The van der Waals surface area contributed by atoms with E-state index in [9.17, 15) is 4.79 Å². The number of anilines is 1. The molecule has 0 radical (unpaired) electrons. The second-order valence-electron chi connectivity index (χ2n) is 11.8. The summed E-state index contributed by atoms with van der Waals surface area (Å²) in [5, 5.41) is 8.93. The summed E-state index contributed by atoms with van der Waals surface area (Å²) in [6.07, 6.45) is 1.34. The number of hydrogen-bond donors (Lipinski definition) is 1. The molecule has 5 rings (SSSR count). The van der Waals surface area contributed by atoms with Crippen molar-refractivity contribution in [3.05, 3.63) is 76.5 Å². The number of ether oxygens (including phenoxy) is 1. The van der Waals surface area contributed by atoms with Crippen LogP contribution in [0.2, 0.25) is 0 Å². The number of fused-ring (bicyclic) bond motifs is 1. The zero-order chi connectivity index (χ0) is 26.4. The van der Waals surface area contributed by atoms with Gasteiger partial charge in [0.05, 0.1) is 0 Å². The van der Waals surface area contributed by atoms with E-state index in [4.69, 9.17) is 14.8 Å². The topological polar surface area (TPSA) is 69.0 Å². The largest absolute Gasteiger partial charge is 0.489 e. The Kier molecular flexibility index (Phi) is 6.69. The number of Topliss-reactive ketones (excluding diaryl/α,β-unsaturated/α-hetero) is 1. The Balaban J connectivity index is 1.40. The van der Waals surface area contributed by atoms with E-state index in [1.54, 1.807) is 11.8 Å². The number of thioether (sulfide) groups is 1. The molecule has 2 aliphatic rings. The number of ketones is 1. The second-order valence-corrected chi connectivity index (χ2v) is 13.0. The lowest BCUT2D eigenvalue weighted by molar-refractivity contribution is -0.118. The molecule has 0 amide bonds. The number of carbonyl (C=O) groups is 1. The monoisotopic (exact) mass is 516 g/mol. The van der Waals surface area contributed by atoms with Crippen molar-refractivity contribution >= 4 is 23.5 Å². The molecule has 3 aromatic rings. The molecule has 2 aromatic carbocycles. The van der Waals surface area contributed by atoms with Gasteiger partial charge < -0.3 is 10.1 Å². The summed E-state index contributed by atoms with van der Waals surface area (Å²) in [5.41, 5.74) is 5.27. The van der Waals surface area contributed by atoms with Gasteiger partial charge in [-0.3, -0.25) is 4.79 Å². The Morgan fingerprint density at radius 2 is 1.78 bits per heavy atom. The minimum absolute atomic E-state index is 0.0839. The normalized spacial score (nSPS) is 18.8. The van der Waals surface area contributed by atoms with E-state index < -0.39 is 0 Å². The van der Waals surface area contributed by atoms with Gasteiger partial charge >= 0.3 is 0 Å². The highest BCUT2D eigenvalue weighted by atomic mass is 32.2. The van der Waals surface area contributed by atoms with Crippen LogP contribution in [-0.4, -0.2) is 26.3 Å². The molecule has 0 bridgehead atoms. The quantitative estimate of drug-likeness (QED) is 0.359. The van der Waals surface area contributed by atoms with Gasteiger partial charge in [0.1, 0.15) is 18.4 Å². The number of rotatable bonds is 6. The van der Waals surface area contributed by atoms with Gasteiger partial charge in [0.2, 0.25) is 11.1 Å². The first-order valence-electron chi connectivity index (χ1n) is 13.0. The average molecular weight is 517 g/mol. The van der Waals surface area contributed by atoms with E-state index in [-0.39, 0.29) is 22.7 Å². The van der Waals surface area contributed by atoms with E-state index >= 15 is 0 Å². The SMILES string of the molecule is CCSc1nc2n(n1)C(c1ccc(OCc3ccc(C(C)(C)C)cc3)cc1)C1=C(CC(C)(C)CC1=O)N2. The third-order valence-electron chi connectivity index (χ3n) is 7.01. The maximum absolute atomic E-state index is 13.4. The third kappa shape index (κ3) is 5.33. The zero-order valence-corrected chi connectivity index (χ0v) is 23.4. The molecule has 1 aliphatic heterocycles. The van der Waals surface area contributed by atoms with E-state index in [1.807, 2.05) is 28.9 Å². The summed E-state index contributed by atoms with van der Waals surface area (Å²) >= 11 is 1.60. The number of carbonyl (C=O) groups excluding carboxylic acids is 1. The number of allylic oxidation sites excluding steroid dienone is 2. The van der Waals surface area contributed by atoms with Gasteiger partial charge in [-0.25, -0.2) is 4.68 Å². The summed E-state index contributed by atoms with van der Waals surface area (Å²) in [5.74, 6) is 2.56. The molecule has 6 nitrogen and oxygen atoms in total. The molecule has 0 spiro atoms. The van der Waals surface area contributed by atoms with Crippen LogP contribution in [-0.2, 0) is 16.8 Å². The van der Waals surface area contributed by atoms with Gasteiger partial charge in [0, 0.05) is 17.7 Å². The molecule has 1 atom stereocenters. The molecule has 194 valence electrons. The summed E-state index contributed by atoms with van der Waals surface area (Å²) < 4.78 is 7.97. The van der Waals surface area contributed by atoms with Crippen molar-refractivity contribution in [2.45, 2.75) is 77.6 Å². The molecule has 2 heterocycles. The van der Waals surface area contributed by atoms with Crippen molar-refractivity contribution in [2.24, 2.45) is 5.41 Å². The first-order chi connectivity index (χ1) is 17.5. The lowest BCUT2D eigenvalue weighted by Gasteiger charge is -2.38. The predicted octanol–water partition coefficient (Wildman–Crippen LogP) is 6.92. The Morgan fingerprint density at radius 1 is 1.08 bits per heavy atom. The Hall–Kier alpha value is -3.06. The molecular weight excluding hydrogens is 480 g/mol. The van der Waals surface area contributed by atoms with E-state index in [0.717, 1.165) is 45.5 Å². The molecule has 37 heavy (non-hydrogen) atoms. The first-order valence-corrected chi connectivity index (χ1v) is 14.0. The zero-order valence-electron chi connectivity index (χ0n) is 22.6. The van der Waals surface area contributed by atoms with Crippen molar-refractivity contribution in [1.29, 1.82) is 0 Å². The van der Waals surface area contributed by atoms with Crippen molar-refractivity contribution in [1.82, 2.24) is 14.8 Å². The first kappa shape index (κ1) is 25.6. The van der Waals surface area contributed by atoms with Gasteiger partial charge in [0.25, 0.3) is 0 Å². The van der Waals surface area contributed by atoms with E-state index in [0.29, 0.717) is 19.0 Å². The molecule has 0 fully saturated rings. The van der Waals surface area contributed by atoms with Crippen LogP contribution in [0.3, 0.4) is 0 Å². The summed E-state index contributed by atoms with van der Waals surface area (Å²) in [6.45, 7) is 13.5. The van der Waals surface area contributed by atoms with Crippen LogP contribution in [0, 0.1) is 5.41 Å². The molecule has 0 saturated carbocycles. The standard InChI is InChI=1S/C30H36N4O2S/c1-7-37-28-32-27-31-23-16-30(5,6)17-24(35)25(23)26(34(27)33-28)20-10-14-22(15-11-20)36-18-19-8-12-21(13-9-19)29(2,3)4/h8-15,26H,7,16-18H2,1-6H3,(H,31,32,33). The third-order valence-corrected chi connectivity index (χ3v) is 7.73. The lowest BCUT2D eigenvalue weighted by Crippen LogP contribution is -2.36.